The molecule has 0 spiro atoms. The van der Waals surface area contributed by atoms with Crippen LogP contribution in [0.15, 0.2) is 21.8 Å². The van der Waals surface area contributed by atoms with E-state index in [4.69, 9.17) is 4.52 Å². The summed E-state index contributed by atoms with van der Waals surface area (Å²) in [6.45, 7) is 2.01. The standard InChI is InChI=1S/C12H16N4O3S/c1-2-11-13-7-12(15-11)20(17,18)14-6-9-5-10(19-16-9)8-3-4-8/h5,7-8,14H,2-4,6H2,1H3,(H,13,15). The minimum absolute atomic E-state index is 0.0697. The highest BCUT2D eigenvalue weighted by Crippen LogP contribution is 2.40. The van der Waals surface area contributed by atoms with Crippen molar-refractivity contribution in [2.75, 3.05) is 0 Å². The van der Waals surface area contributed by atoms with E-state index in [1.54, 1.807) is 0 Å². The SMILES string of the molecule is CCc1ncc(S(=O)(=O)NCc2cc(C3CC3)on2)[nH]1. The van der Waals surface area contributed by atoms with Crippen molar-refractivity contribution in [2.45, 2.75) is 43.7 Å². The highest BCUT2D eigenvalue weighted by molar-refractivity contribution is 7.89. The van der Waals surface area contributed by atoms with Crippen LogP contribution in [0.4, 0.5) is 0 Å². The van der Waals surface area contributed by atoms with Crippen molar-refractivity contribution in [2.24, 2.45) is 0 Å². The van der Waals surface area contributed by atoms with Crippen LogP contribution in [0.1, 0.15) is 43.0 Å². The molecule has 2 aromatic heterocycles. The first-order chi connectivity index (χ1) is 9.58. The van der Waals surface area contributed by atoms with Crippen LogP contribution in [-0.2, 0) is 23.0 Å². The fraction of sp³-hybridized carbons (Fsp3) is 0.500. The molecule has 0 atom stereocenters. The smallest absolute Gasteiger partial charge is 0.257 e. The molecule has 0 bridgehead atoms. The number of nitrogens with one attached hydrogen (secondary N) is 2. The Bertz CT molecular complexity index is 700. The fourth-order valence-electron chi connectivity index (χ4n) is 1.88. The highest BCUT2D eigenvalue weighted by atomic mass is 32.2. The summed E-state index contributed by atoms with van der Waals surface area (Å²) in [5.41, 5.74) is 0.589. The molecule has 108 valence electrons. The van der Waals surface area contributed by atoms with Gasteiger partial charge < -0.3 is 9.51 Å². The molecular weight excluding hydrogens is 280 g/mol. The molecule has 0 aliphatic heterocycles. The van der Waals surface area contributed by atoms with Gasteiger partial charge in [0.25, 0.3) is 10.0 Å². The Hall–Kier alpha value is -1.67. The van der Waals surface area contributed by atoms with Gasteiger partial charge in [0, 0.05) is 18.4 Å². The summed E-state index contributed by atoms with van der Waals surface area (Å²) in [6.07, 6.45) is 4.21. The molecule has 1 aliphatic rings. The third-order valence-electron chi connectivity index (χ3n) is 3.23. The van der Waals surface area contributed by atoms with Gasteiger partial charge in [-0.15, -0.1) is 0 Å². The van der Waals surface area contributed by atoms with Crippen LogP contribution < -0.4 is 4.72 Å². The van der Waals surface area contributed by atoms with Crippen LogP contribution in [0.5, 0.6) is 0 Å². The number of aromatic amines is 1. The number of nitrogens with zero attached hydrogens (tertiary/aromatic N) is 2. The summed E-state index contributed by atoms with van der Waals surface area (Å²) in [4.78, 5) is 6.75. The Morgan fingerprint density at radius 1 is 1.50 bits per heavy atom. The molecule has 0 aromatic carbocycles. The van der Waals surface area contributed by atoms with Gasteiger partial charge in [0.15, 0.2) is 5.03 Å². The number of aryl methyl sites for hydroxylation is 1. The van der Waals surface area contributed by atoms with Crippen molar-refractivity contribution < 1.29 is 12.9 Å². The lowest BCUT2D eigenvalue weighted by Crippen LogP contribution is -2.23. The van der Waals surface area contributed by atoms with Crippen molar-refractivity contribution in [3.8, 4) is 0 Å². The van der Waals surface area contributed by atoms with Crippen molar-refractivity contribution in [3.05, 3.63) is 29.5 Å². The zero-order valence-corrected chi connectivity index (χ0v) is 11.9. The molecule has 1 saturated carbocycles. The lowest BCUT2D eigenvalue weighted by Gasteiger charge is -2.01. The topological polar surface area (TPSA) is 101 Å². The van der Waals surface area contributed by atoms with Crippen LogP contribution in [0.2, 0.25) is 0 Å². The molecule has 1 aliphatic carbocycles. The lowest BCUT2D eigenvalue weighted by molar-refractivity contribution is 0.377. The predicted octanol–water partition coefficient (Wildman–Crippen LogP) is 1.32. The molecule has 3 rings (SSSR count). The maximum Gasteiger partial charge on any atom is 0.257 e. The van der Waals surface area contributed by atoms with Crippen LogP contribution >= 0.6 is 0 Å². The van der Waals surface area contributed by atoms with Gasteiger partial charge in [-0.3, -0.25) is 0 Å². The summed E-state index contributed by atoms with van der Waals surface area (Å²) in [5.74, 6) is 1.95. The van der Waals surface area contributed by atoms with E-state index >= 15 is 0 Å². The van der Waals surface area contributed by atoms with Gasteiger partial charge in [-0.1, -0.05) is 12.1 Å². The predicted molar refractivity (Wildman–Crippen MR) is 70.5 cm³/mol. The summed E-state index contributed by atoms with van der Waals surface area (Å²) >= 11 is 0. The summed E-state index contributed by atoms with van der Waals surface area (Å²) < 4.78 is 31.8. The lowest BCUT2D eigenvalue weighted by atomic mass is 10.3. The first kappa shape index (κ1) is 13.3. The van der Waals surface area contributed by atoms with Crippen LogP contribution in [0.25, 0.3) is 0 Å². The Morgan fingerprint density at radius 3 is 2.95 bits per heavy atom. The summed E-state index contributed by atoms with van der Waals surface area (Å²) in [6, 6.07) is 1.81. The van der Waals surface area contributed by atoms with Gasteiger partial charge >= 0.3 is 0 Å². The second-order valence-corrected chi connectivity index (χ2v) is 6.60. The molecule has 0 unspecified atom stereocenters. The molecule has 8 heteroatoms. The van der Waals surface area contributed by atoms with Gasteiger partial charge in [-0.25, -0.2) is 18.1 Å². The molecule has 1 fully saturated rings. The van der Waals surface area contributed by atoms with Gasteiger partial charge in [-0.05, 0) is 12.8 Å². The molecular formula is C12H16N4O3S. The molecule has 2 heterocycles. The summed E-state index contributed by atoms with van der Waals surface area (Å²) in [7, 11) is -3.59. The zero-order valence-electron chi connectivity index (χ0n) is 11.1. The number of H-pyrrole nitrogens is 1. The number of hydrogen-bond donors (Lipinski definition) is 2. The molecule has 2 N–H and O–H groups in total. The number of imidazole rings is 1. The highest BCUT2D eigenvalue weighted by Gasteiger charge is 2.28. The second-order valence-electron chi connectivity index (χ2n) is 4.87. The number of hydrogen-bond acceptors (Lipinski definition) is 5. The maximum absolute atomic E-state index is 12.0. The van der Waals surface area contributed by atoms with Gasteiger partial charge in [0.05, 0.1) is 18.4 Å². The first-order valence-electron chi connectivity index (χ1n) is 6.57. The monoisotopic (exact) mass is 296 g/mol. The molecule has 20 heavy (non-hydrogen) atoms. The van der Waals surface area contributed by atoms with E-state index < -0.39 is 10.0 Å². The van der Waals surface area contributed by atoms with Gasteiger partial charge in [0.1, 0.15) is 11.6 Å². The number of sulfonamides is 1. The van der Waals surface area contributed by atoms with E-state index in [0.717, 1.165) is 18.6 Å². The van der Waals surface area contributed by atoms with E-state index in [9.17, 15) is 8.42 Å². The molecule has 7 nitrogen and oxygen atoms in total. The average molecular weight is 296 g/mol. The fourth-order valence-corrected chi connectivity index (χ4v) is 2.82. The van der Waals surface area contributed by atoms with Crippen molar-refractivity contribution in [3.63, 3.8) is 0 Å². The maximum atomic E-state index is 12.0. The normalized spacial score (nSPS) is 15.7. The molecule has 0 radical (unpaired) electrons. The first-order valence-corrected chi connectivity index (χ1v) is 8.06. The van der Waals surface area contributed by atoms with Crippen molar-refractivity contribution in [1.82, 2.24) is 19.8 Å². The molecule has 0 amide bonds. The molecule has 2 aromatic rings. The number of rotatable bonds is 6. The zero-order chi connectivity index (χ0) is 14.2. The van der Waals surface area contributed by atoms with Gasteiger partial charge in [-0.2, -0.15) is 0 Å². The van der Waals surface area contributed by atoms with E-state index in [1.807, 2.05) is 13.0 Å². The largest absolute Gasteiger partial charge is 0.361 e. The minimum Gasteiger partial charge on any atom is -0.361 e. The van der Waals surface area contributed by atoms with Crippen molar-refractivity contribution in [1.29, 1.82) is 0 Å². The van der Waals surface area contributed by atoms with E-state index in [0.29, 0.717) is 23.9 Å². The van der Waals surface area contributed by atoms with Crippen molar-refractivity contribution >= 4 is 10.0 Å². The van der Waals surface area contributed by atoms with Crippen LogP contribution in [0.3, 0.4) is 0 Å². The Morgan fingerprint density at radius 2 is 2.30 bits per heavy atom. The van der Waals surface area contributed by atoms with E-state index in [1.165, 1.54) is 6.20 Å². The van der Waals surface area contributed by atoms with Gasteiger partial charge in [0.2, 0.25) is 0 Å². The quantitative estimate of drug-likeness (QED) is 0.837. The average Bonchev–Trinajstić information content (AvgIpc) is 2.99. The molecule has 0 saturated heterocycles. The van der Waals surface area contributed by atoms with E-state index in [2.05, 4.69) is 19.8 Å². The Kier molecular flexibility index (Phi) is 3.35. The third-order valence-corrected chi connectivity index (χ3v) is 4.54. The Balaban J connectivity index is 1.66. The minimum atomic E-state index is -3.59. The van der Waals surface area contributed by atoms with Crippen LogP contribution in [-0.4, -0.2) is 23.5 Å². The third kappa shape index (κ3) is 2.75. The second kappa shape index (κ2) is 5.02. The Labute approximate surface area is 116 Å². The van der Waals surface area contributed by atoms with Crippen LogP contribution in [0, 0.1) is 0 Å². The van der Waals surface area contributed by atoms with E-state index in [-0.39, 0.29) is 11.6 Å². The number of aromatic nitrogens is 3. The summed E-state index contributed by atoms with van der Waals surface area (Å²) in [5, 5.41) is 3.94.